The number of para-hydroxylation sites is 1. The molecule has 0 bridgehead atoms. The molecule has 0 aliphatic rings. The molecule has 6 heteroatoms. The molecule has 22 heavy (non-hydrogen) atoms. The number of carbonyl (C=O) groups excluding carboxylic acids is 1. The van der Waals surface area contributed by atoms with Gasteiger partial charge in [0.15, 0.2) is 5.13 Å². The largest absolute Gasteiger partial charge is 0.496 e. The Kier molecular flexibility index (Phi) is 4.22. The first-order chi connectivity index (χ1) is 10.7. The number of nitrogens with zero attached hydrogens (tertiary/aromatic N) is 1. The number of carbonyl (C=O) groups is 1. The van der Waals surface area contributed by atoms with Crippen LogP contribution in [-0.2, 0) is 0 Å². The maximum absolute atomic E-state index is 12.3. The number of aromatic nitrogens is 1. The van der Waals surface area contributed by atoms with Gasteiger partial charge in [-0.25, -0.2) is 4.98 Å². The number of nitrogens with one attached hydrogen (secondary N) is 1. The molecule has 0 unspecified atom stereocenters. The van der Waals surface area contributed by atoms with Crippen LogP contribution in [-0.4, -0.2) is 18.0 Å². The van der Waals surface area contributed by atoms with E-state index in [4.69, 9.17) is 4.74 Å². The Morgan fingerprint density at radius 3 is 2.77 bits per heavy atom. The van der Waals surface area contributed by atoms with E-state index in [0.29, 0.717) is 16.4 Å². The van der Waals surface area contributed by atoms with Crippen molar-refractivity contribution >= 4 is 33.7 Å². The highest BCUT2D eigenvalue weighted by Crippen LogP contribution is 2.30. The average Bonchev–Trinajstić information content (AvgIpc) is 3.16. The fourth-order valence-electron chi connectivity index (χ4n) is 2.01. The Morgan fingerprint density at radius 2 is 2.05 bits per heavy atom. The maximum Gasteiger partial charge on any atom is 0.261 e. The number of ether oxygens (including phenoxy) is 1. The first-order valence-electron chi connectivity index (χ1n) is 6.64. The lowest BCUT2D eigenvalue weighted by Gasteiger charge is -2.06. The van der Waals surface area contributed by atoms with Crippen molar-refractivity contribution in [2.24, 2.45) is 0 Å². The summed E-state index contributed by atoms with van der Waals surface area (Å²) in [4.78, 5) is 19.1. The minimum absolute atomic E-state index is 0.222. The van der Waals surface area contributed by atoms with Crippen LogP contribution < -0.4 is 10.1 Å². The maximum atomic E-state index is 12.3. The molecule has 0 fully saturated rings. The summed E-state index contributed by atoms with van der Waals surface area (Å²) in [6.07, 6.45) is 0. The Bertz CT molecular complexity index is 808. The van der Waals surface area contributed by atoms with Gasteiger partial charge in [0, 0.05) is 10.3 Å². The molecule has 112 valence electrons. The lowest BCUT2D eigenvalue weighted by atomic mass is 10.2. The van der Waals surface area contributed by atoms with Crippen molar-refractivity contribution in [2.75, 3.05) is 12.4 Å². The predicted octanol–water partition coefficient (Wildman–Crippen LogP) is 4.44. The van der Waals surface area contributed by atoms with E-state index in [1.165, 1.54) is 16.2 Å². The number of hydrogen-bond acceptors (Lipinski definition) is 5. The van der Waals surface area contributed by atoms with Crippen LogP contribution in [0.1, 0.15) is 15.2 Å². The molecule has 0 saturated carbocycles. The summed E-state index contributed by atoms with van der Waals surface area (Å²) < 4.78 is 5.21. The third kappa shape index (κ3) is 3.03. The van der Waals surface area contributed by atoms with Gasteiger partial charge in [0.2, 0.25) is 0 Å². The average molecular weight is 330 g/mol. The molecule has 4 nitrogen and oxygen atoms in total. The van der Waals surface area contributed by atoms with Gasteiger partial charge in [-0.05, 0) is 31.2 Å². The number of amides is 1. The van der Waals surface area contributed by atoms with E-state index >= 15 is 0 Å². The van der Waals surface area contributed by atoms with E-state index in [1.807, 2.05) is 17.5 Å². The summed E-state index contributed by atoms with van der Waals surface area (Å²) in [5.41, 5.74) is 1.38. The minimum atomic E-state index is -0.222. The number of anilines is 1. The zero-order valence-electron chi connectivity index (χ0n) is 12.1. The van der Waals surface area contributed by atoms with Gasteiger partial charge in [0.1, 0.15) is 5.75 Å². The van der Waals surface area contributed by atoms with E-state index in [0.717, 1.165) is 10.6 Å². The molecule has 0 saturated heterocycles. The van der Waals surface area contributed by atoms with Gasteiger partial charge in [-0.15, -0.1) is 22.7 Å². The van der Waals surface area contributed by atoms with Crippen molar-refractivity contribution in [2.45, 2.75) is 6.92 Å². The van der Waals surface area contributed by atoms with E-state index in [2.05, 4.69) is 23.3 Å². The number of benzene rings is 1. The Morgan fingerprint density at radius 1 is 1.23 bits per heavy atom. The zero-order chi connectivity index (χ0) is 15.5. The van der Waals surface area contributed by atoms with E-state index < -0.39 is 0 Å². The van der Waals surface area contributed by atoms with Crippen molar-refractivity contribution in [3.05, 3.63) is 52.2 Å². The number of aryl methyl sites for hydroxylation is 1. The lowest BCUT2D eigenvalue weighted by molar-refractivity contribution is 0.102. The summed E-state index contributed by atoms with van der Waals surface area (Å²) in [5.74, 6) is 0.325. The normalized spacial score (nSPS) is 10.5. The summed E-state index contributed by atoms with van der Waals surface area (Å²) in [6, 6.07) is 11.2. The highest BCUT2D eigenvalue weighted by molar-refractivity contribution is 7.17. The van der Waals surface area contributed by atoms with Crippen LogP contribution in [0.2, 0.25) is 0 Å². The van der Waals surface area contributed by atoms with Crippen LogP contribution >= 0.6 is 22.7 Å². The van der Waals surface area contributed by atoms with E-state index in [9.17, 15) is 4.79 Å². The fraction of sp³-hybridized carbons (Fsp3) is 0.125. The van der Waals surface area contributed by atoms with Crippen molar-refractivity contribution in [3.63, 3.8) is 0 Å². The van der Waals surface area contributed by atoms with Crippen molar-refractivity contribution in [3.8, 4) is 16.3 Å². The first-order valence-corrected chi connectivity index (χ1v) is 8.33. The molecule has 0 aliphatic heterocycles. The summed E-state index contributed by atoms with van der Waals surface area (Å²) >= 11 is 3.10. The SMILES string of the molecule is COc1ccccc1C(=O)Nc1nc(-c2ccc(C)s2)cs1. The van der Waals surface area contributed by atoms with Crippen molar-refractivity contribution in [1.29, 1.82) is 0 Å². The molecule has 0 spiro atoms. The molecular weight excluding hydrogens is 316 g/mol. The Balaban J connectivity index is 1.79. The summed E-state index contributed by atoms with van der Waals surface area (Å²) in [5, 5.41) is 5.35. The molecule has 2 aromatic heterocycles. The second kappa shape index (κ2) is 6.29. The molecule has 1 aromatic carbocycles. The van der Waals surface area contributed by atoms with Gasteiger partial charge < -0.3 is 4.74 Å². The van der Waals surface area contributed by atoms with E-state index in [1.54, 1.807) is 36.6 Å². The minimum Gasteiger partial charge on any atom is -0.496 e. The molecule has 0 aliphatic carbocycles. The molecular formula is C16H14N2O2S2. The second-order valence-corrected chi connectivity index (χ2v) is 6.75. The third-order valence-electron chi connectivity index (χ3n) is 3.07. The smallest absolute Gasteiger partial charge is 0.261 e. The molecule has 3 rings (SSSR count). The van der Waals surface area contributed by atoms with Crippen LogP contribution in [0.4, 0.5) is 5.13 Å². The first kappa shape index (κ1) is 14.7. The topological polar surface area (TPSA) is 51.2 Å². The Hall–Kier alpha value is -2.18. The molecule has 1 amide bonds. The van der Waals surface area contributed by atoms with Gasteiger partial charge in [-0.2, -0.15) is 0 Å². The monoisotopic (exact) mass is 330 g/mol. The Labute approximate surface area is 136 Å². The highest BCUT2D eigenvalue weighted by atomic mass is 32.1. The van der Waals surface area contributed by atoms with Gasteiger partial charge in [-0.1, -0.05) is 12.1 Å². The standard InChI is InChI=1S/C16H14N2O2S2/c1-10-7-8-14(22-10)12-9-21-16(17-12)18-15(19)11-5-3-4-6-13(11)20-2/h3-9H,1-2H3,(H,17,18,19). The number of hydrogen-bond donors (Lipinski definition) is 1. The summed E-state index contributed by atoms with van der Waals surface area (Å²) in [6.45, 7) is 2.06. The summed E-state index contributed by atoms with van der Waals surface area (Å²) in [7, 11) is 1.55. The van der Waals surface area contributed by atoms with Crippen LogP contribution in [0.15, 0.2) is 41.8 Å². The highest BCUT2D eigenvalue weighted by Gasteiger charge is 2.14. The predicted molar refractivity (Wildman–Crippen MR) is 91.1 cm³/mol. The van der Waals surface area contributed by atoms with Crippen LogP contribution in [0, 0.1) is 6.92 Å². The van der Waals surface area contributed by atoms with Crippen LogP contribution in [0.5, 0.6) is 5.75 Å². The number of thiazole rings is 1. The van der Waals surface area contributed by atoms with Gasteiger partial charge in [0.25, 0.3) is 5.91 Å². The van der Waals surface area contributed by atoms with Gasteiger partial charge in [-0.3, -0.25) is 10.1 Å². The molecule has 3 aromatic rings. The van der Waals surface area contributed by atoms with Crippen molar-refractivity contribution < 1.29 is 9.53 Å². The van der Waals surface area contributed by atoms with Gasteiger partial charge >= 0.3 is 0 Å². The quantitative estimate of drug-likeness (QED) is 0.769. The van der Waals surface area contributed by atoms with Gasteiger partial charge in [0.05, 0.1) is 23.2 Å². The molecule has 0 atom stereocenters. The fourth-order valence-corrected chi connectivity index (χ4v) is 3.62. The molecule has 2 heterocycles. The number of methoxy groups -OCH3 is 1. The van der Waals surface area contributed by atoms with E-state index in [-0.39, 0.29) is 5.91 Å². The lowest BCUT2D eigenvalue weighted by Crippen LogP contribution is -2.12. The number of thiophene rings is 1. The second-order valence-electron chi connectivity index (χ2n) is 4.60. The van der Waals surface area contributed by atoms with Crippen LogP contribution in [0.25, 0.3) is 10.6 Å². The zero-order valence-corrected chi connectivity index (χ0v) is 13.8. The van der Waals surface area contributed by atoms with Crippen LogP contribution in [0.3, 0.4) is 0 Å². The molecule has 1 N–H and O–H groups in total. The van der Waals surface area contributed by atoms with Crippen molar-refractivity contribution in [1.82, 2.24) is 4.98 Å². The molecule has 0 radical (unpaired) electrons. The third-order valence-corrected chi connectivity index (χ3v) is 4.85. The number of rotatable bonds is 4.